The number of nitrogens with zero attached hydrogens (tertiary/aromatic N) is 2. The summed E-state index contributed by atoms with van der Waals surface area (Å²) >= 11 is 0. The van der Waals surface area contributed by atoms with Crippen LogP contribution in [-0.4, -0.2) is 0 Å². The van der Waals surface area contributed by atoms with Gasteiger partial charge in [0.2, 0.25) is 0 Å². The van der Waals surface area contributed by atoms with E-state index in [-0.39, 0.29) is 0 Å². The average Bonchev–Trinajstić information content (AvgIpc) is 2.99. The molecular weight excluding hydrogens is 1020 g/mol. The Balaban J connectivity index is 1.01. The number of anilines is 6. The first-order chi connectivity index (χ1) is 39.8. The van der Waals surface area contributed by atoms with Gasteiger partial charge < -0.3 is 9.80 Å². The Hall–Kier alpha value is -9.78. The molecule has 398 valence electrons. The third-order valence-electron chi connectivity index (χ3n) is 17.0. The van der Waals surface area contributed by atoms with Gasteiger partial charge in [-0.1, -0.05) is 182 Å². The van der Waals surface area contributed by atoms with Gasteiger partial charge in [0.15, 0.2) is 23.3 Å². The number of benzene rings is 11. The molecule has 0 bridgehead atoms. The molecular formula is C76H56F4N2. The largest absolute Gasteiger partial charge is 0.310 e. The van der Waals surface area contributed by atoms with Gasteiger partial charge in [-0.05, 0) is 190 Å². The lowest BCUT2D eigenvalue weighted by molar-refractivity contribution is 0.509. The van der Waals surface area contributed by atoms with E-state index >= 15 is 17.6 Å². The fraction of sp³-hybridized carbons (Fsp3) is 0.0789. The summed E-state index contributed by atoms with van der Waals surface area (Å²) in [6, 6.07) is 75.8. The molecule has 0 saturated heterocycles. The van der Waals surface area contributed by atoms with Crippen molar-refractivity contribution in [1.82, 2.24) is 0 Å². The van der Waals surface area contributed by atoms with Gasteiger partial charge in [0.1, 0.15) is 0 Å². The highest BCUT2D eigenvalue weighted by Gasteiger charge is 2.49. The summed E-state index contributed by atoms with van der Waals surface area (Å²) in [7, 11) is 0. The molecule has 13 rings (SSSR count). The standard InChI is InChI=1S/C76H56F4N2/c1-7-51-21-25-53(26-22-51)75(67-41-47(3)17-19-49(67)5)65-15-11-9-13-61(65)63-37-33-57(43-69(63)75)81(59-35-39-71(77)73(79)45-59)55-29-31-56(32-30-55)82(60-36-40-72(78)74(80)46-60)58-34-38-64-62-14-10-12-16-66(62)76(70(64)44-58,54-27-23-52(8-2)24-28-54)68-42-48(4)18-20-50(68)6/h7-46H,1-2H2,3-6H3. The predicted molar refractivity (Wildman–Crippen MR) is 329 cm³/mol. The first-order valence-corrected chi connectivity index (χ1v) is 27.5. The van der Waals surface area contributed by atoms with Crippen molar-refractivity contribution in [1.29, 1.82) is 0 Å². The Morgan fingerprint density at radius 1 is 0.305 bits per heavy atom. The summed E-state index contributed by atoms with van der Waals surface area (Å²) < 4.78 is 61.5. The number of hydrogen-bond acceptors (Lipinski definition) is 2. The maximum atomic E-state index is 15.7. The SMILES string of the molecule is C=Cc1ccc(C2(c3cc(C)ccc3C)c3ccccc3-c3ccc(N(c4ccc(N(c5ccc(F)c(F)c5)c5ccc6c(c5)C(c5ccc(C=C)cc5)(c5cc(C)ccc5C)c5ccccc5-6)cc4)c4ccc(F)c(F)c4)cc32)cc1. The van der Waals surface area contributed by atoms with Crippen LogP contribution in [0.2, 0.25) is 0 Å². The molecule has 2 aliphatic carbocycles. The zero-order valence-electron chi connectivity index (χ0n) is 45.9. The summed E-state index contributed by atoms with van der Waals surface area (Å²) in [4.78, 5) is 3.88. The van der Waals surface area contributed by atoms with Crippen molar-refractivity contribution in [3.05, 3.63) is 345 Å². The quantitative estimate of drug-likeness (QED) is 0.113. The van der Waals surface area contributed by atoms with Crippen LogP contribution in [0.5, 0.6) is 0 Å². The smallest absolute Gasteiger partial charge is 0.160 e. The van der Waals surface area contributed by atoms with E-state index in [9.17, 15) is 0 Å². The number of aryl methyl sites for hydroxylation is 4. The molecule has 6 heteroatoms. The zero-order chi connectivity index (χ0) is 56.6. The van der Waals surface area contributed by atoms with E-state index in [1.165, 1.54) is 12.1 Å². The number of halogens is 4. The van der Waals surface area contributed by atoms with E-state index in [2.05, 4.69) is 199 Å². The Bertz CT molecular complexity index is 4090. The minimum absolute atomic E-state index is 0.398. The van der Waals surface area contributed by atoms with Crippen molar-refractivity contribution < 1.29 is 17.6 Å². The van der Waals surface area contributed by atoms with Gasteiger partial charge >= 0.3 is 0 Å². The molecule has 11 aromatic carbocycles. The van der Waals surface area contributed by atoms with Gasteiger partial charge in [0, 0.05) is 46.3 Å². The highest BCUT2D eigenvalue weighted by atomic mass is 19.2. The summed E-state index contributed by atoms with van der Waals surface area (Å²) in [5.41, 5.74) is 21.5. The topological polar surface area (TPSA) is 6.48 Å². The maximum absolute atomic E-state index is 15.7. The van der Waals surface area contributed by atoms with Crippen LogP contribution in [0.15, 0.2) is 244 Å². The Kier molecular flexibility index (Phi) is 12.7. The van der Waals surface area contributed by atoms with E-state index in [1.54, 1.807) is 12.1 Å². The van der Waals surface area contributed by atoms with Gasteiger partial charge in [-0.2, -0.15) is 0 Å². The maximum Gasteiger partial charge on any atom is 0.160 e. The fourth-order valence-electron chi connectivity index (χ4n) is 13.2. The van der Waals surface area contributed by atoms with Crippen LogP contribution in [0, 0.1) is 51.0 Å². The van der Waals surface area contributed by atoms with E-state index < -0.39 is 34.1 Å². The lowest BCUT2D eigenvalue weighted by Gasteiger charge is -2.36. The number of hydrogen-bond donors (Lipinski definition) is 0. The molecule has 0 aliphatic heterocycles. The lowest BCUT2D eigenvalue weighted by Crippen LogP contribution is -2.30. The van der Waals surface area contributed by atoms with E-state index in [0.29, 0.717) is 34.1 Å². The summed E-state index contributed by atoms with van der Waals surface area (Å²) in [5.74, 6) is -3.90. The van der Waals surface area contributed by atoms with Crippen LogP contribution in [-0.2, 0) is 10.8 Å². The fourth-order valence-corrected chi connectivity index (χ4v) is 13.2. The molecule has 0 heterocycles. The Morgan fingerprint density at radius 2 is 0.646 bits per heavy atom. The second kappa shape index (κ2) is 20.1. The molecule has 82 heavy (non-hydrogen) atoms. The van der Waals surface area contributed by atoms with Gasteiger partial charge in [0.25, 0.3) is 0 Å². The molecule has 0 spiro atoms. The van der Waals surface area contributed by atoms with E-state index in [1.807, 2.05) is 58.4 Å². The van der Waals surface area contributed by atoms with Gasteiger partial charge in [-0.3, -0.25) is 0 Å². The second-order valence-electron chi connectivity index (χ2n) is 21.7. The third kappa shape index (κ3) is 8.07. The van der Waals surface area contributed by atoms with Crippen LogP contribution in [0.3, 0.4) is 0 Å². The van der Waals surface area contributed by atoms with Crippen molar-refractivity contribution in [2.75, 3.05) is 9.80 Å². The van der Waals surface area contributed by atoms with E-state index in [0.717, 1.165) is 112 Å². The van der Waals surface area contributed by atoms with Crippen LogP contribution >= 0.6 is 0 Å². The van der Waals surface area contributed by atoms with Crippen molar-refractivity contribution in [3.63, 3.8) is 0 Å². The number of rotatable bonds is 12. The molecule has 2 nitrogen and oxygen atoms in total. The summed E-state index contributed by atoms with van der Waals surface area (Å²) in [6.07, 6.45) is 3.69. The molecule has 0 aromatic heterocycles. The van der Waals surface area contributed by atoms with Crippen LogP contribution in [0.25, 0.3) is 34.4 Å². The Labute approximate surface area is 476 Å². The summed E-state index contributed by atoms with van der Waals surface area (Å²) in [5, 5.41) is 0. The highest BCUT2D eigenvalue weighted by molar-refractivity contribution is 5.92. The molecule has 0 N–H and O–H groups in total. The minimum Gasteiger partial charge on any atom is -0.310 e. The monoisotopic (exact) mass is 1070 g/mol. The van der Waals surface area contributed by atoms with Crippen molar-refractivity contribution >= 4 is 46.3 Å². The molecule has 2 atom stereocenters. The molecule has 0 fully saturated rings. The first-order valence-electron chi connectivity index (χ1n) is 27.5. The molecule has 2 aliphatic rings. The van der Waals surface area contributed by atoms with Crippen LogP contribution < -0.4 is 9.80 Å². The highest BCUT2D eigenvalue weighted by Crippen LogP contribution is 2.60. The van der Waals surface area contributed by atoms with Crippen LogP contribution in [0.4, 0.5) is 51.7 Å². The van der Waals surface area contributed by atoms with Crippen LogP contribution in [0.1, 0.15) is 77.9 Å². The number of fused-ring (bicyclic) bond motifs is 6. The average molecular weight is 1070 g/mol. The van der Waals surface area contributed by atoms with Gasteiger partial charge in [-0.25, -0.2) is 17.6 Å². The molecule has 0 amide bonds. The molecule has 0 saturated carbocycles. The zero-order valence-corrected chi connectivity index (χ0v) is 45.9. The Morgan fingerprint density at radius 3 is 1.02 bits per heavy atom. The van der Waals surface area contributed by atoms with Crippen molar-refractivity contribution in [3.8, 4) is 22.3 Å². The second-order valence-corrected chi connectivity index (χ2v) is 21.7. The molecule has 11 aromatic rings. The van der Waals surface area contributed by atoms with Crippen molar-refractivity contribution in [2.45, 2.75) is 38.5 Å². The van der Waals surface area contributed by atoms with E-state index in [4.69, 9.17) is 0 Å². The van der Waals surface area contributed by atoms with Gasteiger partial charge in [-0.15, -0.1) is 0 Å². The predicted octanol–water partition coefficient (Wildman–Crippen LogP) is 20.4. The molecule has 0 radical (unpaired) electrons. The molecule has 2 unspecified atom stereocenters. The van der Waals surface area contributed by atoms with Gasteiger partial charge in [0.05, 0.1) is 10.8 Å². The first kappa shape index (κ1) is 51.6. The summed E-state index contributed by atoms with van der Waals surface area (Å²) in [6.45, 7) is 16.6. The normalized spacial score (nSPS) is 15.5. The van der Waals surface area contributed by atoms with Crippen molar-refractivity contribution in [2.24, 2.45) is 0 Å². The minimum atomic E-state index is -0.989. The lowest BCUT2D eigenvalue weighted by atomic mass is 9.66. The third-order valence-corrected chi connectivity index (χ3v) is 17.0.